The Labute approximate surface area is 184 Å². The van der Waals surface area contributed by atoms with E-state index in [2.05, 4.69) is 17.1 Å². The Morgan fingerprint density at radius 3 is 2.77 bits per heavy atom. The molecule has 7 nitrogen and oxygen atoms in total. The van der Waals surface area contributed by atoms with Crippen molar-refractivity contribution in [2.75, 3.05) is 12.9 Å². The topological polar surface area (TPSA) is 72.9 Å². The van der Waals surface area contributed by atoms with Gasteiger partial charge in [-0.15, -0.1) is 10.2 Å². The van der Waals surface area contributed by atoms with Gasteiger partial charge in [-0.1, -0.05) is 11.8 Å². The molecule has 1 saturated carbocycles. The average molecular weight is 437 g/mol. The first-order chi connectivity index (χ1) is 15.0. The summed E-state index contributed by atoms with van der Waals surface area (Å²) in [6.07, 6.45) is 2.10. The Kier molecular flexibility index (Phi) is 5.09. The second kappa shape index (κ2) is 7.92. The molecule has 0 saturated heterocycles. The minimum absolute atomic E-state index is 0.0901. The van der Waals surface area contributed by atoms with Gasteiger partial charge in [0.25, 0.3) is 0 Å². The first-order valence-electron chi connectivity index (χ1n) is 10.3. The molecule has 0 spiro atoms. The van der Waals surface area contributed by atoms with Crippen LogP contribution in [0, 0.1) is 13.8 Å². The number of methoxy groups -OCH3 is 1. The van der Waals surface area contributed by atoms with E-state index in [1.54, 1.807) is 7.11 Å². The third-order valence-electron chi connectivity index (χ3n) is 5.63. The number of thioether (sulfide) groups is 1. The van der Waals surface area contributed by atoms with Crippen LogP contribution >= 0.6 is 11.8 Å². The zero-order chi connectivity index (χ0) is 21.5. The van der Waals surface area contributed by atoms with Gasteiger partial charge in [0.1, 0.15) is 17.3 Å². The number of pyridine rings is 1. The Bertz CT molecular complexity index is 1270. The number of rotatable bonds is 7. The molecule has 5 rings (SSSR count). The number of amides is 1. The monoisotopic (exact) mass is 436 g/mol. The molecule has 31 heavy (non-hydrogen) atoms. The van der Waals surface area contributed by atoms with Crippen molar-refractivity contribution in [2.45, 2.75) is 44.4 Å². The molecule has 4 aromatic rings. The van der Waals surface area contributed by atoms with Crippen molar-refractivity contribution < 1.29 is 13.9 Å². The van der Waals surface area contributed by atoms with Crippen LogP contribution in [0.5, 0.6) is 5.75 Å². The fraction of sp³-hybridized carbons (Fsp3) is 0.348. The van der Waals surface area contributed by atoms with E-state index in [4.69, 9.17) is 9.15 Å². The lowest BCUT2D eigenvalue weighted by Crippen LogP contribution is -2.33. The van der Waals surface area contributed by atoms with Crippen LogP contribution in [-0.4, -0.2) is 44.3 Å². The summed E-state index contributed by atoms with van der Waals surface area (Å²) in [5.74, 6) is 2.85. The quantitative estimate of drug-likeness (QED) is 0.400. The molecule has 0 bridgehead atoms. The van der Waals surface area contributed by atoms with Gasteiger partial charge in [0.15, 0.2) is 10.8 Å². The summed E-state index contributed by atoms with van der Waals surface area (Å²) in [5.41, 5.74) is 2.86. The van der Waals surface area contributed by atoms with Crippen LogP contribution in [0.25, 0.3) is 16.6 Å². The van der Waals surface area contributed by atoms with Gasteiger partial charge in [0, 0.05) is 17.5 Å². The van der Waals surface area contributed by atoms with E-state index in [0.717, 1.165) is 52.2 Å². The Balaban J connectivity index is 1.41. The molecule has 1 aliphatic carbocycles. The highest BCUT2D eigenvalue weighted by molar-refractivity contribution is 7.99. The minimum Gasteiger partial charge on any atom is -0.497 e. The summed E-state index contributed by atoms with van der Waals surface area (Å²) in [4.78, 5) is 15.0. The van der Waals surface area contributed by atoms with E-state index in [-0.39, 0.29) is 5.91 Å². The molecule has 1 fully saturated rings. The summed E-state index contributed by atoms with van der Waals surface area (Å²) < 4.78 is 13.1. The van der Waals surface area contributed by atoms with E-state index in [9.17, 15) is 4.79 Å². The highest BCUT2D eigenvalue weighted by Crippen LogP contribution is 2.31. The van der Waals surface area contributed by atoms with Gasteiger partial charge >= 0.3 is 0 Å². The summed E-state index contributed by atoms with van der Waals surface area (Å²) in [6.45, 7) is 4.49. The number of aromatic nitrogens is 3. The number of furan rings is 1. The number of aryl methyl sites for hydroxylation is 2. The van der Waals surface area contributed by atoms with Gasteiger partial charge in [-0.05, 0) is 62.6 Å². The molecule has 0 N–H and O–H groups in total. The third-order valence-corrected chi connectivity index (χ3v) is 6.54. The van der Waals surface area contributed by atoms with Crippen molar-refractivity contribution in [1.29, 1.82) is 0 Å². The second-order valence-corrected chi connectivity index (χ2v) is 8.88. The molecule has 0 radical (unpaired) electrons. The molecule has 1 aromatic carbocycles. The zero-order valence-corrected chi connectivity index (χ0v) is 18.6. The highest BCUT2D eigenvalue weighted by Gasteiger charge is 2.33. The molecule has 0 unspecified atom stereocenters. The molecule has 3 aromatic heterocycles. The smallest absolute Gasteiger partial charge is 0.233 e. The number of hydrogen-bond acceptors (Lipinski definition) is 6. The van der Waals surface area contributed by atoms with Gasteiger partial charge in [-0.3, -0.25) is 9.20 Å². The Hall–Kier alpha value is -3.00. The standard InChI is InChI=1S/C23H24N4O3S/c1-14-10-21-24-25-23(27(21)20-11-17(29-3)8-9-19(14)20)31-13-22(28)26(16-5-6-16)12-18-7-4-15(2)30-18/h4,7-11,16H,5-6,12-13H2,1-3H3. The van der Waals surface area contributed by atoms with E-state index in [1.165, 1.54) is 11.8 Å². The number of hydrogen-bond donors (Lipinski definition) is 0. The fourth-order valence-electron chi connectivity index (χ4n) is 3.88. The number of carbonyl (C=O) groups excluding carboxylic acids is 1. The van der Waals surface area contributed by atoms with E-state index < -0.39 is 0 Å². The maximum atomic E-state index is 13.1. The number of ether oxygens (including phenoxy) is 1. The highest BCUT2D eigenvalue weighted by atomic mass is 32.2. The molecule has 1 aliphatic rings. The number of carbonyl (C=O) groups is 1. The van der Waals surface area contributed by atoms with Gasteiger partial charge in [-0.25, -0.2) is 0 Å². The molecule has 1 amide bonds. The van der Waals surface area contributed by atoms with Crippen molar-refractivity contribution in [3.05, 3.63) is 53.5 Å². The summed E-state index contributed by atoms with van der Waals surface area (Å²) in [7, 11) is 1.65. The SMILES string of the molecule is COc1ccc2c(C)cc3nnc(SCC(=O)N(Cc4ccc(C)o4)C4CC4)n3c2c1. The van der Waals surface area contributed by atoms with Crippen LogP contribution in [0.1, 0.15) is 29.9 Å². The number of benzene rings is 1. The van der Waals surface area contributed by atoms with Crippen LogP contribution < -0.4 is 4.74 Å². The zero-order valence-electron chi connectivity index (χ0n) is 17.8. The van der Waals surface area contributed by atoms with Crippen LogP contribution in [0.3, 0.4) is 0 Å². The van der Waals surface area contributed by atoms with Gasteiger partial charge in [0.05, 0.1) is 24.9 Å². The molecular weight excluding hydrogens is 412 g/mol. The van der Waals surface area contributed by atoms with Crippen LogP contribution in [0.2, 0.25) is 0 Å². The van der Waals surface area contributed by atoms with E-state index in [1.807, 2.05) is 52.6 Å². The predicted octanol–water partition coefficient (Wildman–Crippen LogP) is 4.38. The van der Waals surface area contributed by atoms with Crippen molar-refractivity contribution in [1.82, 2.24) is 19.5 Å². The van der Waals surface area contributed by atoms with Crippen LogP contribution in [0.15, 0.2) is 46.0 Å². The lowest BCUT2D eigenvalue weighted by molar-refractivity contribution is -0.129. The summed E-state index contributed by atoms with van der Waals surface area (Å²) in [5, 5.41) is 10.5. The third kappa shape index (κ3) is 3.87. The maximum Gasteiger partial charge on any atom is 0.233 e. The van der Waals surface area contributed by atoms with Crippen molar-refractivity contribution in [3.8, 4) is 5.75 Å². The minimum atomic E-state index is 0.0901. The largest absolute Gasteiger partial charge is 0.497 e. The van der Waals surface area contributed by atoms with Gasteiger partial charge < -0.3 is 14.1 Å². The lowest BCUT2D eigenvalue weighted by atomic mass is 10.1. The second-order valence-electron chi connectivity index (χ2n) is 7.94. The first-order valence-corrected chi connectivity index (χ1v) is 11.3. The molecule has 160 valence electrons. The van der Waals surface area contributed by atoms with Gasteiger partial charge in [-0.2, -0.15) is 0 Å². The molecule has 8 heteroatoms. The Morgan fingerprint density at radius 1 is 1.23 bits per heavy atom. The molecular formula is C23H24N4O3S. The van der Waals surface area contributed by atoms with Crippen molar-refractivity contribution in [3.63, 3.8) is 0 Å². The predicted molar refractivity (Wildman–Crippen MR) is 120 cm³/mol. The number of fused-ring (bicyclic) bond motifs is 3. The number of nitrogens with zero attached hydrogens (tertiary/aromatic N) is 4. The van der Waals surface area contributed by atoms with Crippen molar-refractivity contribution >= 4 is 34.2 Å². The first kappa shape index (κ1) is 19.9. The lowest BCUT2D eigenvalue weighted by Gasteiger charge is -2.21. The summed E-state index contributed by atoms with van der Waals surface area (Å²) >= 11 is 1.41. The fourth-order valence-corrected chi connectivity index (χ4v) is 4.72. The van der Waals surface area contributed by atoms with E-state index in [0.29, 0.717) is 23.5 Å². The maximum absolute atomic E-state index is 13.1. The Morgan fingerprint density at radius 2 is 2.06 bits per heavy atom. The normalized spacial score (nSPS) is 13.8. The molecule has 0 aliphatic heterocycles. The van der Waals surface area contributed by atoms with Crippen LogP contribution in [-0.2, 0) is 11.3 Å². The van der Waals surface area contributed by atoms with Crippen molar-refractivity contribution in [2.24, 2.45) is 0 Å². The van der Waals surface area contributed by atoms with Gasteiger partial charge in [0.2, 0.25) is 5.91 Å². The molecule has 3 heterocycles. The average Bonchev–Trinajstić information content (AvgIpc) is 3.40. The summed E-state index contributed by atoms with van der Waals surface area (Å²) in [6, 6.07) is 12.2. The van der Waals surface area contributed by atoms with E-state index >= 15 is 0 Å². The molecule has 0 atom stereocenters. The van der Waals surface area contributed by atoms with Crippen LogP contribution in [0.4, 0.5) is 0 Å².